The van der Waals surface area contributed by atoms with Gasteiger partial charge in [0, 0.05) is 0 Å². The SMILES string of the molecule is NC(=S)NCC1CN(c2ccc(-n3cncn3)c(F)c2)C(=O)O1. The molecule has 0 radical (unpaired) electrons. The number of thiocarbonyl (C=S) groups is 1. The Balaban J connectivity index is 1.76. The first kappa shape index (κ1) is 15.2. The number of halogens is 1. The summed E-state index contributed by atoms with van der Waals surface area (Å²) < 4.78 is 20.7. The van der Waals surface area contributed by atoms with E-state index in [-0.39, 0.29) is 17.3 Å². The summed E-state index contributed by atoms with van der Waals surface area (Å²) in [7, 11) is 0. The quantitative estimate of drug-likeness (QED) is 0.787. The standard InChI is InChI=1S/C13H13FN6O2S/c14-10-3-8(1-2-11(10)20-7-16-6-18-20)19-5-9(22-13(19)21)4-17-12(15)23/h1-3,6-7,9H,4-5H2,(H3,15,17,23). The van der Waals surface area contributed by atoms with Crippen molar-refractivity contribution in [1.29, 1.82) is 0 Å². The number of amides is 1. The fourth-order valence-electron chi connectivity index (χ4n) is 2.24. The number of hydrogen-bond acceptors (Lipinski definition) is 5. The van der Waals surface area contributed by atoms with Gasteiger partial charge in [0.05, 0.1) is 18.8 Å². The van der Waals surface area contributed by atoms with Gasteiger partial charge in [0.2, 0.25) is 0 Å². The second kappa shape index (κ2) is 6.16. The minimum Gasteiger partial charge on any atom is -0.442 e. The number of cyclic esters (lactones) is 1. The average Bonchev–Trinajstić information content (AvgIpc) is 3.14. The molecule has 0 bridgehead atoms. The van der Waals surface area contributed by atoms with Crippen LogP contribution in [0.1, 0.15) is 0 Å². The third kappa shape index (κ3) is 3.21. The van der Waals surface area contributed by atoms with Crippen LogP contribution in [-0.2, 0) is 4.74 Å². The van der Waals surface area contributed by atoms with Gasteiger partial charge in [0.15, 0.2) is 10.9 Å². The van der Waals surface area contributed by atoms with Crippen molar-refractivity contribution in [2.24, 2.45) is 5.73 Å². The number of ether oxygens (including phenoxy) is 1. The van der Waals surface area contributed by atoms with E-state index in [9.17, 15) is 9.18 Å². The van der Waals surface area contributed by atoms with Gasteiger partial charge in [-0.1, -0.05) is 0 Å². The summed E-state index contributed by atoms with van der Waals surface area (Å²) in [5, 5.41) is 6.73. The Morgan fingerprint density at radius 1 is 1.57 bits per heavy atom. The van der Waals surface area contributed by atoms with E-state index < -0.39 is 18.0 Å². The monoisotopic (exact) mass is 336 g/mol. The minimum atomic E-state index is -0.548. The summed E-state index contributed by atoms with van der Waals surface area (Å²) in [5.41, 5.74) is 5.98. The van der Waals surface area contributed by atoms with E-state index in [0.29, 0.717) is 12.2 Å². The van der Waals surface area contributed by atoms with Gasteiger partial charge in [-0.25, -0.2) is 18.9 Å². The fourth-order valence-corrected chi connectivity index (χ4v) is 2.32. The number of carbonyl (C=O) groups is 1. The molecular formula is C13H13FN6O2S. The number of nitrogens with two attached hydrogens (primary N) is 1. The van der Waals surface area contributed by atoms with E-state index in [1.165, 1.54) is 34.4 Å². The molecule has 1 aliphatic heterocycles. The third-order valence-electron chi connectivity index (χ3n) is 3.29. The van der Waals surface area contributed by atoms with Crippen LogP contribution >= 0.6 is 12.2 Å². The molecular weight excluding hydrogens is 323 g/mol. The van der Waals surface area contributed by atoms with E-state index in [1.807, 2.05) is 0 Å². The predicted octanol–water partition coefficient (Wildman–Crippen LogP) is 0.565. The molecule has 0 saturated carbocycles. The Morgan fingerprint density at radius 3 is 3.04 bits per heavy atom. The summed E-state index contributed by atoms with van der Waals surface area (Å²) in [6, 6.07) is 4.39. The zero-order chi connectivity index (χ0) is 16.4. The number of nitrogens with zero attached hydrogens (tertiary/aromatic N) is 4. The van der Waals surface area contributed by atoms with Gasteiger partial charge in [-0.15, -0.1) is 0 Å². The molecule has 120 valence electrons. The molecule has 1 aromatic heterocycles. The minimum absolute atomic E-state index is 0.128. The van der Waals surface area contributed by atoms with Gasteiger partial charge in [-0.05, 0) is 30.4 Å². The first-order valence-electron chi connectivity index (χ1n) is 6.70. The first-order valence-corrected chi connectivity index (χ1v) is 7.11. The van der Waals surface area contributed by atoms with Crippen molar-refractivity contribution in [2.45, 2.75) is 6.10 Å². The van der Waals surface area contributed by atoms with Crippen LogP contribution in [0.4, 0.5) is 14.9 Å². The topological polar surface area (TPSA) is 98.3 Å². The van der Waals surface area contributed by atoms with Crippen molar-refractivity contribution in [3.05, 3.63) is 36.7 Å². The highest BCUT2D eigenvalue weighted by Gasteiger charge is 2.32. The highest BCUT2D eigenvalue weighted by atomic mass is 32.1. The second-order valence-corrected chi connectivity index (χ2v) is 5.28. The lowest BCUT2D eigenvalue weighted by atomic mass is 10.2. The lowest BCUT2D eigenvalue weighted by Crippen LogP contribution is -2.37. The van der Waals surface area contributed by atoms with Gasteiger partial charge in [0.1, 0.15) is 24.4 Å². The summed E-state index contributed by atoms with van der Waals surface area (Å²) in [5.74, 6) is -0.523. The largest absolute Gasteiger partial charge is 0.442 e. The maximum atomic E-state index is 14.2. The summed E-state index contributed by atoms with van der Waals surface area (Å²) >= 11 is 4.70. The molecule has 1 fully saturated rings. The van der Waals surface area contributed by atoms with E-state index in [0.717, 1.165) is 0 Å². The van der Waals surface area contributed by atoms with Gasteiger partial charge >= 0.3 is 6.09 Å². The zero-order valence-electron chi connectivity index (χ0n) is 11.8. The zero-order valence-corrected chi connectivity index (χ0v) is 12.7. The molecule has 1 saturated heterocycles. The summed E-state index contributed by atoms with van der Waals surface area (Å²) in [4.78, 5) is 17.0. The number of carbonyl (C=O) groups excluding carboxylic acids is 1. The lowest BCUT2D eigenvalue weighted by molar-refractivity contribution is 0.143. The molecule has 1 aromatic carbocycles. The number of benzene rings is 1. The molecule has 8 nitrogen and oxygen atoms in total. The van der Waals surface area contributed by atoms with E-state index >= 15 is 0 Å². The molecule has 1 aliphatic rings. The van der Waals surface area contributed by atoms with Gasteiger partial charge < -0.3 is 15.8 Å². The number of nitrogens with one attached hydrogen (secondary N) is 1. The van der Waals surface area contributed by atoms with Crippen LogP contribution in [0.5, 0.6) is 0 Å². The lowest BCUT2D eigenvalue weighted by Gasteiger charge is -2.14. The van der Waals surface area contributed by atoms with Crippen molar-refractivity contribution < 1.29 is 13.9 Å². The number of anilines is 1. The van der Waals surface area contributed by atoms with E-state index in [2.05, 4.69) is 15.4 Å². The van der Waals surface area contributed by atoms with Crippen LogP contribution in [0, 0.1) is 5.82 Å². The van der Waals surface area contributed by atoms with Crippen molar-refractivity contribution in [3.8, 4) is 5.69 Å². The van der Waals surface area contributed by atoms with Crippen molar-refractivity contribution >= 4 is 29.1 Å². The highest BCUT2D eigenvalue weighted by molar-refractivity contribution is 7.80. The first-order chi connectivity index (χ1) is 11.0. The smallest absolute Gasteiger partial charge is 0.414 e. The van der Waals surface area contributed by atoms with Gasteiger partial charge in [-0.3, -0.25) is 4.90 Å². The normalized spacial score (nSPS) is 17.2. The van der Waals surface area contributed by atoms with Crippen molar-refractivity contribution in [2.75, 3.05) is 18.0 Å². The van der Waals surface area contributed by atoms with Crippen LogP contribution in [0.2, 0.25) is 0 Å². The highest BCUT2D eigenvalue weighted by Crippen LogP contribution is 2.25. The number of hydrogen-bond donors (Lipinski definition) is 2. The predicted molar refractivity (Wildman–Crippen MR) is 83.7 cm³/mol. The molecule has 3 N–H and O–H groups in total. The second-order valence-electron chi connectivity index (χ2n) is 4.84. The molecule has 2 aromatic rings. The van der Waals surface area contributed by atoms with Crippen molar-refractivity contribution in [1.82, 2.24) is 20.1 Å². The maximum Gasteiger partial charge on any atom is 0.414 e. The molecule has 0 spiro atoms. The fraction of sp³-hybridized carbons (Fsp3) is 0.231. The van der Waals surface area contributed by atoms with Crippen LogP contribution in [0.3, 0.4) is 0 Å². The van der Waals surface area contributed by atoms with Gasteiger partial charge in [0.25, 0.3) is 0 Å². The van der Waals surface area contributed by atoms with E-state index in [4.69, 9.17) is 22.7 Å². The number of rotatable bonds is 4. The Labute approximate surface area is 136 Å². The van der Waals surface area contributed by atoms with Crippen molar-refractivity contribution in [3.63, 3.8) is 0 Å². The Bertz CT molecular complexity index is 738. The third-order valence-corrected chi connectivity index (χ3v) is 3.43. The van der Waals surface area contributed by atoms with Crippen LogP contribution in [0.15, 0.2) is 30.9 Å². The Morgan fingerprint density at radius 2 is 2.39 bits per heavy atom. The molecule has 1 atom stereocenters. The Kier molecular flexibility index (Phi) is 4.06. The van der Waals surface area contributed by atoms with Gasteiger partial charge in [-0.2, -0.15) is 5.10 Å². The maximum absolute atomic E-state index is 14.2. The van der Waals surface area contributed by atoms with Crippen LogP contribution in [0.25, 0.3) is 5.69 Å². The molecule has 3 rings (SSSR count). The number of aromatic nitrogens is 3. The Hall–Kier alpha value is -2.75. The summed E-state index contributed by atoms with van der Waals surface area (Å²) in [6.45, 7) is 0.577. The van der Waals surface area contributed by atoms with Crippen LogP contribution < -0.4 is 16.0 Å². The molecule has 0 aliphatic carbocycles. The molecule has 23 heavy (non-hydrogen) atoms. The summed E-state index contributed by atoms with van der Waals surface area (Å²) in [6.07, 6.45) is 1.74. The molecule has 1 amide bonds. The van der Waals surface area contributed by atoms with Crippen LogP contribution in [-0.4, -0.2) is 45.2 Å². The molecule has 10 heteroatoms. The van der Waals surface area contributed by atoms with E-state index in [1.54, 1.807) is 6.07 Å². The molecule has 2 heterocycles. The average molecular weight is 336 g/mol. The molecule has 1 unspecified atom stereocenters.